The van der Waals surface area contributed by atoms with Gasteiger partial charge in [0.25, 0.3) is 0 Å². The number of carbonyl (C=O) groups excluding carboxylic acids is 1. The Morgan fingerprint density at radius 1 is 1.35 bits per heavy atom. The quantitative estimate of drug-likeness (QED) is 0.653. The minimum absolute atomic E-state index is 0.115. The van der Waals surface area contributed by atoms with Crippen LogP contribution in [0, 0.1) is 0 Å². The fraction of sp³-hybridized carbons (Fsp3) is 0.143. The monoisotopic (exact) mass is 289 g/mol. The molecule has 1 aromatic heterocycles. The molecule has 0 unspecified atom stereocenters. The van der Waals surface area contributed by atoms with E-state index in [-0.39, 0.29) is 5.91 Å². The molecule has 0 radical (unpaired) electrons. The van der Waals surface area contributed by atoms with E-state index in [0.717, 1.165) is 4.90 Å². The van der Waals surface area contributed by atoms with Gasteiger partial charge in [0.2, 0.25) is 5.91 Å². The van der Waals surface area contributed by atoms with Crippen molar-refractivity contribution in [3.05, 3.63) is 42.7 Å². The van der Waals surface area contributed by atoms with Crippen molar-refractivity contribution in [1.82, 2.24) is 4.98 Å². The van der Waals surface area contributed by atoms with Crippen molar-refractivity contribution in [2.24, 2.45) is 0 Å². The number of anilines is 2. The van der Waals surface area contributed by atoms with Crippen LogP contribution in [0.2, 0.25) is 0 Å². The molecule has 3 N–H and O–H groups in total. The van der Waals surface area contributed by atoms with Crippen LogP contribution in [-0.4, -0.2) is 23.8 Å². The summed E-state index contributed by atoms with van der Waals surface area (Å²) in [6, 6.07) is 8.84. The zero-order valence-corrected chi connectivity index (χ0v) is 11.8. The average molecular weight is 289 g/mol. The van der Waals surface area contributed by atoms with Gasteiger partial charge in [0.05, 0.1) is 18.6 Å². The number of nitrogens with two attached hydrogens (primary N) is 1. The number of hydrogen-bond donors (Lipinski definition) is 2. The second kappa shape index (κ2) is 6.81. The molecule has 1 heterocycles. The molecule has 6 heteroatoms. The minimum atomic E-state index is -0.115. The van der Waals surface area contributed by atoms with Gasteiger partial charge in [-0.15, -0.1) is 11.8 Å². The first-order valence-corrected chi connectivity index (χ1v) is 6.94. The molecule has 0 fully saturated rings. The minimum Gasteiger partial charge on any atom is -0.495 e. The van der Waals surface area contributed by atoms with E-state index in [4.69, 9.17) is 10.5 Å². The Kier molecular flexibility index (Phi) is 4.84. The van der Waals surface area contributed by atoms with Gasteiger partial charge in [-0.2, -0.15) is 0 Å². The zero-order chi connectivity index (χ0) is 14.4. The summed E-state index contributed by atoms with van der Waals surface area (Å²) in [7, 11) is 1.55. The van der Waals surface area contributed by atoms with E-state index in [1.165, 1.54) is 11.8 Å². The molecule has 0 aliphatic carbocycles. The molecule has 0 saturated heterocycles. The Morgan fingerprint density at radius 3 is 2.80 bits per heavy atom. The lowest BCUT2D eigenvalue weighted by Crippen LogP contribution is -2.14. The lowest BCUT2D eigenvalue weighted by atomic mass is 10.2. The van der Waals surface area contributed by atoms with Crippen LogP contribution >= 0.6 is 11.8 Å². The number of ether oxygens (including phenoxy) is 1. The maximum absolute atomic E-state index is 11.9. The molecule has 5 nitrogen and oxygen atoms in total. The molecular formula is C14H15N3O2S. The second-order valence-electron chi connectivity index (χ2n) is 3.98. The van der Waals surface area contributed by atoms with E-state index in [1.54, 1.807) is 37.7 Å². The molecule has 1 amide bonds. The molecule has 0 aliphatic rings. The first-order chi connectivity index (χ1) is 9.69. The van der Waals surface area contributed by atoms with Gasteiger partial charge in [-0.05, 0) is 30.3 Å². The largest absolute Gasteiger partial charge is 0.495 e. The third kappa shape index (κ3) is 3.89. The van der Waals surface area contributed by atoms with Crippen molar-refractivity contribution < 1.29 is 9.53 Å². The third-order valence-corrected chi connectivity index (χ3v) is 3.53. The van der Waals surface area contributed by atoms with E-state index < -0.39 is 0 Å². The zero-order valence-electron chi connectivity index (χ0n) is 11.0. The highest BCUT2D eigenvalue weighted by Gasteiger charge is 2.08. The van der Waals surface area contributed by atoms with E-state index in [9.17, 15) is 4.79 Å². The van der Waals surface area contributed by atoms with Crippen molar-refractivity contribution in [2.75, 3.05) is 23.9 Å². The van der Waals surface area contributed by atoms with Crippen molar-refractivity contribution in [3.63, 3.8) is 0 Å². The summed E-state index contributed by atoms with van der Waals surface area (Å²) in [6.45, 7) is 0. The van der Waals surface area contributed by atoms with Gasteiger partial charge >= 0.3 is 0 Å². The van der Waals surface area contributed by atoms with Crippen LogP contribution in [0.15, 0.2) is 47.6 Å². The van der Waals surface area contributed by atoms with Crippen LogP contribution in [0.3, 0.4) is 0 Å². The Morgan fingerprint density at radius 2 is 2.10 bits per heavy atom. The number of nitrogen functional groups attached to an aromatic ring is 1. The number of benzene rings is 1. The van der Waals surface area contributed by atoms with E-state index in [1.807, 2.05) is 12.1 Å². The standard InChI is InChI=1S/C14H15N3O2S/c1-19-13-3-2-10(15)8-12(13)17-14(18)9-20-11-4-6-16-7-5-11/h2-8H,9,15H2,1H3,(H,17,18). The summed E-state index contributed by atoms with van der Waals surface area (Å²) in [5.74, 6) is 0.777. The third-order valence-electron chi connectivity index (χ3n) is 2.52. The number of aromatic nitrogens is 1. The van der Waals surface area contributed by atoms with Crippen LogP contribution in [0.1, 0.15) is 0 Å². The average Bonchev–Trinajstić information content (AvgIpc) is 2.46. The number of methoxy groups -OCH3 is 1. The number of amides is 1. The van der Waals surface area contributed by atoms with Gasteiger partial charge in [-0.1, -0.05) is 0 Å². The number of rotatable bonds is 5. The molecule has 0 atom stereocenters. The van der Waals surface area contributed by atoms with Crippen LogP contribution in [0.4, 0.5) is 11.4 Å². The summed E-state index contributed by atoms with van der Waals surface area (Å²) in [5.41, 5.74) is 6.85. The highest BCUT2D eigenvalue weighted by molar-refractivity contribution is 8.00. The number of nitrogens with zero attached hydrogens (tertiary/aromatic N) is 1. The Bertz CT molecular complexity index is 590. The molecular weight excluding hydrogens is 274 g/mol. The maximum atomic E-state index is 11.9. The molecule has 0 spiro atoms. The molecule has 20 heavy (non-hydrogen) atoms. The Hall–Kier alpha value is -2.21. The number of hydrogen-bond acceptors (Lipinski definition) is 5. The first kappa shape index (κ1) is 14.2. The fourth-order valence-electron chi connectivity index (χ4n) is 1.59. The predicted molar refractivity (Wildman–Crippen MR) is 81.0 cm³/mol. The SMILES string of the molecule is COc1ccc(N)cc1NC(=O)CSc1ccncc1. The molecule has 2 rings (SSSR count). The lowest BCUT2D eigenvalue weighted by Gasteiger charge is -2.10. The number of pyridine rings is 1. The second-order valence-corrected chi connectivity index (χ2v) is 5.03. The van der Waals surface area contributed by atoms with E-state index in [0.29, 0.717) is 22.9 Å². The molecule has 0 saturated carbocycles. The van der Waals surface area contributed by atoms with Crippen LogP contribution in [0.25, 0.3) is 0 Å². The van der Waals surface area contributed by atoms with Gasteiger partial charge in [-0.25, -0.2) is 0 Å². The molecule has 0 aliphatic heterocycles. The number of nitrogens with one attached hydrogen (secondary N) is 1. The van der Waals surface area contributed by atoms with Crippen LogP contribution < -0.4 is 15.8 Å². The summed E-state index contributed by atoms with van der Waals surface area (Å²) in [5, 5.41) is 2.79. The summed E-state index contributed by atoms with van der Waals surface area (Å²) in [6.07, 6.45) is 3.39. The Labute approximate surface area is 121 Å². The topological polar surface area (TPSA) is 77.2 Å². The predicted octanol–water partition coefficient (Wildman–Crippen LogP) is 2.40. The van der Waals surface area contributed by atoms with Crippen molar-refractivity contribution >= 4 is 29.0 Å². The first-order valence-electron chi connectivity index (χ1n) is 5.95. The maximum Gasteiger partial charge on any atom is 0.234 e. The summed E-state index contributed by atoms with van der Waals surface area (Å²) >= 11 is 1.44. The highest BCUT2D eigenvalue weighted by atomic mass is 32.2. The molecule has 104 valence electrons. The summed E-state index contributed by atoms with van der Waals surface area (Å²) in [4.78, 5) is 16.8. The number of thioether (sulfide) groups is 1. The normalized spacial score (nSPS) is 10.1. The molecule has 2 aromatic rings. The molecule has 0 bridgehead atoms. The van der Waals surface area contributed by atoms with Crippen LogP contribution in [0.5, 0.6) is 5.75 Å². The van der Waals surface area contributed by atoms with Gasteiger partial charge in [-0.3, -0.25) is 9.78 Å². The highest BCUT2D eigenvalue weighted by Crippen LogP contribution is 2.27. The molecule has 1 aromatic carbocycles. The summed E-state index contributed by atoms with van der Waals surface area (Å²) < 4.78 is 5.18. The van der Waals surface area contributed by atoms with E-state index in [2.05, 4.69) is 10.3 Å². The van der Waals surface area contributed by atoms with E-state index >= 15 is 0 Å². The van der Waals surface area contributed by atoms with Gasteiger partial charge in [0, 0.05) is 23.0 Å². The lowest BCUT2D eigenvalue weighted by molar-refractivity contribution is -0.113. The Balaban J connectivity index is 1.96. The van der Waals surface area contributed by atoms with Gasteiger partial charge in [0.1, 0.15) is 5.75 Å². The number of carbonyl (C=O) groups is 1. The van der Waals surface area contributed by atoms with Crippen LogP contribution in [-0.2, 0) is 4.79 Å². The van der Waals surface area contributed by atoms with Crippen molar-refractivity contribution in [1.29, 1.82) is 0 Å². The fourth-order valence-corrected chi connectivity index (χ4v) is 2.28. The van der Waals surface area contributed by atoms with Crippen molar-refractivity contribution in [2.45, 2.75) is 4.90 Å². The van der Waals surface area contributed by atoms with Gasteiger partial charge in [0.15, 0.2) is 0 Å². The van der Waals surface area contributed by atoms with Crippen molar-refractivity contribution in [3.8, 4) is 5.75 Å². The van der Waals surface area contributed by atoms with Gasteiger partial charge < -0.3 is 15.8 Å². The smallest absolute Gasteiger partial charge is 0.234 e.